The number of aromatic carboxylic acids is 1. The zero-order chi connectivity index (χ0) is 18.5. The number of amides is 1. The van der Waals surface area contributed by atoms with Gasteiger partial charge >= 0.3 is 5.97 Å². The molecule has 26 heavy (non-hydrogen) atoms. The Morgan fingerprint density at radius 2 is 1.85 bits per heavy atom. The third-order valence-electron chi connectivity index (χ3n) is 3.64. The lowest BCUT2D eigenvalue weighted by Gasteiger charge is -2.12. The summed E-state index contributed by atoms with van der Waals surface area (Å²) in [6.45, 7) is 4.05. The molecule has 1 saturated heterocycles. The average molecular weight is 364 g/mol. The lowest BCUT2D eigenvalue weighted by molar-refractivity contribution is -0.121. The second kappa shape index (κ2) is 7.84. The highest BCUT2D eigenvalue weighted by Crippen LogP contribution is 2.34. The first-order chi connectivity index (χ1) is 12.6. The van der Waals surface area contributed by atoms with E-state index in [1.807, 2.05) is 36.4 Å². The smallest absolute Gasteiger partial charge is 0.335 e. The van der Waals surface area contributed by atoms with Crippen LogP contribution in [-0.2, 0) is 4.79 Å². The first-order valence-corrected chi connectivity index (χ1v) is 8.69. The number of hydrogen-bond acceptors (Lipinski definition) is 4. The van der Waals surface area contributed by atoms with Gasteiger partial charge in [0.25, 0.3) is 5.91 Å². The normalized spacial score (nSPS) is 17.1. The van der Waals surface area contributed by atoms with Gasteiger partial charge in [-0.3, -0.25) is 9.69 Å². The summed E-state index contributed by atoms with van der Waals surface area (Å²) in [6, 6.07) is 15.8. The molecule has 1 aliphatic heterocycles. The molecule has 0 unspecified atom stereocenters. The summed E-state index contributed by atoms with van der Waals surface area (Å²) in [5, 5.41) is 9.51. The van der Waals surface area contributed by atoms with Crippen LogP contribution in [0.1, 0.15) is 15.9 Å². The second-order valence-corrected chi connectivity index (χ2v) is 6.48. The van der Waals surface area contributed by atoms with E-state index < -0.39 is 5.97 Å². The maximum atomic E-state index is 12.7. The highest BCUT2D eigenvalue weighted by molar-refractivity contribution is 8.18. The highest BCUT2D eigenvalue weighted by atomic mass is 32.2. The molecule has 0 spiro atoms. The maximum Gasteiger partial charge on any atom is 0.335 e. The zero-order valence-corrected chi connectivity index (χ0v) is 14.6. The Balaban J connectivity index is 1.92. The van der Waals surface area contributed by atoms with E-state index in [2.05, 4.69) is 11.6 Å². The van der Waals surface area contributed by atoms with Crippen LogP contribution in [0.15, 0.2) is 77.1 Å². The number of rotatable bonds is 5. The van der Waals surface area contributed by atoms with Crippen molar-refractivity contribution in [3.63, 3.8) is 0 Å². The predicted octanol–water partition coefficient (Wildman–Crippen LogP) is 4.17. The van der Waals surface area contributed by atoms with Gasteiger partial charge in [0.1, 0.15) is 0 Å². The Morgan fingerprint density at radius 1 is 1.15 bits per heavy atom. The summed E-state index contributed by atoms with van der Waals surface area (Å²) in [5.41, 5.74) is 1.71. The van der Waals surface area contributed by atoms with Gasteiger partial charge < -0.3 is 5.11 Å². The minimum absolute atomic E-state index is 0.125. The summed E-state index contributed by atoms with van der Waals surface area (Å²) >= 11 is 1.29. The fourth-order valence-electron chi connectivity index (χ4n) is 2.37. The van der Waals surface area contributed by atoms with Crippen LogP contribution in [0.5, 0.6) is 0 Å². The van der Waals surface area contributed by atoms with E-state index in [-0.39, 0.29) is 11.5 Å². The molecule has 2 aromatic rings. The fraction of sp³-hybridized carbons (Fsp3) is 0.0500. The van der Waals surface area contributed by atoms with Crippen LogP contribution < -0.4 is 0 Å². The number of thioether (sulfide) groups is 1. The summed E-state index contributed by atoms with van der Waals surface area (Å²) < 4.78 is 0. The number of nitrogens with zero attached hydrogens (tertiary/aromatic N) is 2. The summed E-state index contributed by atoms with van der Waals surface area (Å²) in [7, 11) is 0. The Morgan fingerprint density at radius 3 is 2.46 bits per heavy atom. The van der Waals surface area contributed by atoms with Gasteiger partial charge in [-0.25, -0.2) is 9.79 Å². The van der Waals surface area contributed by atoms with Gasteiger partial charge in [-0.15, -0.1) is 6.58 Å². The van der Waals surface area contributed by atoms with Crippen molar-refractivity contribution in [3.8, 4) is 0 Å². The minimum atomic E-state index is -0.990. The number of carbonyl (C=O) groups excluding carboxylic acids is 1. The fourth-order valence-corrected chi connectivity index (χ4v) is 3.38. The molecule has 0 atom stereocenters. The van der Waals surface area contributed by atoms with E-state index in [0.717, 1.165) is 5.56 Å². The molecule has 1 N–H and O–H groups in total. The number of benzene rings is 2. The SMILES string of the molecule is C=CCN1C(=O)/C(=C/c2ccccc2)SC1=Nc1ccc(C(=O)O)cc1. The monoisotopic (exact) mass is 364 g/mol. The van der Waals surface area contributed by atoms with E-state index in [1.165, 1.54) is 23.9 Å². The van der Waals surface area contributed by atoms with Crippen molar-refractivity contribution in [3.05, 3.63) is 83.3 Å². The van der Waals surface area contributed by atoms with Gasteiger partial charge in [0, 0.05) is 6.54 Å². The van der Waals surface area contributed by atoms with Gasteiger partial charge in [0.2, 0.25) is 0 Å². The lowest BCUT2D eigenvalue weighted by Crippen LogP contribution is -2.29. The lowest BCUT2D eigenvalue weighted by atomic mass is 10.2. The van der Waals surface area contributed by atoms with Crippen LogP contribution in [0.25, 0.3) is 6.08 Å². The summed E-state index contributed by atoms with van der Waals surface area (Å²) in [6.07, 6.45) is 3.48. The first-order valence-electron chi connectivity index (χ1n) is 7.88. The van der Waals surface area contributed by atoms with Crippen LogP contribution >= 0.6 is 11.8 Å². The highest BCUT2D eigenvalue weighted by Gasteiger charge is 2.32. The Labute approximate surface area is 155 Å². The molecular weight excluding hydrogens is 348 g/mol. The predicted molar refractivity (Wildman–Crippen MR) is 104 cm³/mol. The van der Waals surface area contributed by atoms with E-state index in [9.17, 15) is 9.59 Å². The third kappa shape index (κ3) is 3.92. The van der Waals surface area contributed by atoms with Crippen LogP contribution in [0.4, 0.5) is 5.69 Å². The molecule has 6 heteroatoms. The van der Waals surface area contributed by atoms with Crippen molar-refractivity contribution in [2.24, 2.45) is 4.99 Å². The third-order valence-corrected chi connectivity index (χ3v) is 4.64. The van der Waals surface area contributed by atoms with Crippen molar-refractivity contribution in [1.82, 2.24) is 4.90 Å². The molecule has 0 radical (unpaired) electrons. The number of amidine groups is 1. The van der Waals surface area contributed by atoms with E-state index in [1.54, 1.807) is 23.1 Å². The first kappa shape index (κ1) is 17.7. The second-order valence-electron chi connectivity index (χ2n) is 5.47. The molecule has 1 amide bonds. The molecule has 0 bridgehead atoms. The van der Waals surface area contributed by atoms with Crippen molar-refractivity contribution in [2.75, 3.05) is 6.54 Å². The van der Waals surface area contributed by atoms with Gasteiger partial charge in [0.05, 0.1) is 16.2 Å². The minimum Gasteiger partial charge on any atom is -0.478 e. The Bertz CT molecular complexity index is 902. The summed E-state index contributed by atoms with van der Waals surface area (Å²) in [4.78, 5) is 30.3. The van der Waals surface area contributed by atoms with E-state index in [0.29, 0.717) is 22.3 Å². The van der Waals surface area contributed by atoms with Crippen LogP contribution in [0, 0.1) is 0 Å². The van der Waals surface area contributed by atoms with Crippen molar-refractivity contribution >= 4 is 40.6 Å². The standard InChI is InChI=1S/C20H16N2O3S/c1-2-12-22-18(23)17(13-14-6-4-3-5-7-14)26-20(22)21-16-10-8-15(9-11-16)19(24)25/h2-11,13H,1,12H2,(H,24,25)/b17-13-,21-20?. The number of hydrogen-bond donors (Lipinski definition) is 1. The average Bonchev–Trinajstić information content (AvgIpc) is 2.92. The molecule has 0 saturated carbocycles. The van der Waals surface area contributed by atoms with Crippen LogP contribution in [-0.4, -0.2) is 33.6 Å². The molecule has 2 aromatic carbocycles. The van der Waals surface area contributed by atoms with Crippen LogP contribution in [0.2, 0.25) is 0 Å². The van der Waals surface area contributed by atoms with Crippen molar-refractivity contribution < 1.29 is 14.7 Å². The van der Waals surface area contributed by atoms with Gasteiger partial charge in [-0.1, -0.05) is 36.4 Å². The molecule has 1 fully saturated rings. The molecule has 5 nitrogen and oxygen atoms in total. The van der Waals surface area contributed by atoms with E-state index >= 15 is 0 Å². The molecule has 1 aliphatic rings. The molecule has 0 aromatic heterocycles. The van der Waals surface area contributed by atoms with E-state index in [4.69, 9.17) is 5.11 Å². The maximum absolute atomic E-state index is 12.7. The Kier molecular flexibility index (Phi) is 5.34. The zero-order valence-electron chi connectivity index (χ0n) is 13.8. The quantitative estimate of drug-likeness (QED) is 0.638. The van der Waals surface area contributed by atoms with Gasteiger partial charge in [0.15, 0.2) is 5.17 Å². The van der Waals surface area contributed by atoms with Crippen molar-refractivity contribution in [2.45, 2.75) is 0 Å². The van der Waals surface area contributed by atoms with Crippen molar-refractivity contribution in [1.29, 1.82) is 0 Å². The number of carboxylic acid groups (broad SMARTS) is 1. The number of carboxylic acids is 1. The molecule has 3 rings (SSSR count). The van der Waals surface area contributed by atoms with Gasteiger partial charge in [-0.05, 0) is 47.7 Å². The largest absolute Gasteiger partial charge is 0.478 e. The van der Waals surface area contributed by atoms with Gasteiger partial charge in [-0.2, -0.15) is 0 Å². The molecule has 130 valence electrons. The topological polar surface area (TPSA) is 70.0 Å². The summed E-state index contributed by atoms with van der Waals surface area (Å²) in [5.74, 6) is -1.12. The Hall–Kier alpha value is -3.12. The number of carbonyl (C=O) groups is 2. The van der Waals surface area contributed by atoms with Crippen LogP contribution in [0.3, 0.4) is 0 Å². The number of aliphatic imine (C=N–C) groups is 1. The molecular formula is C20H16N2O3S. The molecule has 1 heterocycles. The molecule has 0 aliphatic carbocycles.